The summed E-state index contributed by atoms with van der Waals surface area (Å²) in [6.07, 6.45) is -0.0198. The first-order valence-electron chi connectivity index (χ1n) is 7.67. The van der Waals surface area contributed by atoms with Gasteiger partial charge in [-0.25, -0.2) is 4.68 Å². The largest absolute Gasteiger partial charge is 0.345 e. The maximum absolute atomic E-state index is 8.30. The molecule has 1 aliphatic rings. The second-order valence-corrected chi connectivity index (χ2v) is 5.83. The Bertz CT molecular complexity index is 895. The zero-order chi connectivity index (χ0) is 15.8. The van der Waals surface area contributed by atoms with Crippen LogP contribution >= 0.6 is 0 Å². The van der Waals surface area contributed by atoms with Gasteiger partial charge in [-0.05, 0) is 35.7 Å². The number of benzene rings is 2. The highest BCUT2D eigenvalue weighted by Gasteiger charge is 2.21. The molecule has 0 amide bonds. The lowest BCUT2D eigenvalue weighted by Gasteiger charge is -2.11. The number of hydrogen-bond acceptors (Lipinski definition) is 3. The molecule has 114 valence electrons. The standard InChI is InChI=1S/C19H18N4/c1-13-7-9-14(10-8-13)16-11-17(20)23-18(12-16)21-19(22-23)15-5-3-2-4-6-15/h2-12,19-22H,1H3. The van der Waals surface area contributed by atoms with E-state index in [0.29, 0.717) is 5.49 Å². The van der Waals surface area contributed by atoms with Crippen molar-refractivity contribution in [3.05, 3.63) is 83.3 Å². The molecule has 3 aromatic rings. The van der Waals surface area contributed by atoms with Crippen LogP contribution in [0.1, 0.15) is 17.3 Å². The van der Waals surface area contributed by atoms with E-state index >= 15 is 0 Å². The van der Waals surface area contributed by atoms with Crippen LogP contribution in [0, 0.1) is 12.3 Å². The van der Waals surface area contributed by atoms with Crippen LogP contribution in [0.2, 0.25) is 0 Å². The molecular formula is C19H18N4. The molecule has 1 unspecified atom stereocenters. The number of nitrogens with one attached hydrogen (secondary N) is 3. The van der Waals surface area contributed by atoms with Gasteiger partial charge in [-0.1, -0.05) is 60.2 Å². The molecule has 0 bridgehead atoms. The second kappa shape index (κ2) is 5.32. The lowest BCUT2D eigenvalue weighted by Crippen LogP contribution is -2.25. The number of aryl methyl sites for hydroxylation is 1. The smallest absolute Gasteiger partial charge is 0.146 e. The molecule has 4 rings (SSSR count). The Kier molecular flexibility index (Phi) is 3.15. The van der Waals surface area contributed by atoms with Crippen molar-refractivity contribution in [1.82, 2.24) is 4.68 Å². The Hall–Kier alpha value is -3.01. The van der Waals surface area contributed by atoms with Gasteiger partial charge in [0.15, 0.2) is 0 Å². The number of anilines is 1. The molecule has 0 aliphatic carbocycles. The van der Waals surface area contributed by atoms with Crippen molar-refractivity contribution in [2.24, 2.45) is 0 Å². The molecule has 1 atom stereocenters. The number of rotatable bonds is 2. The topological polar surface area (TPSA) is 52.8 Å². The molecule has 0 saturated carbocycles. The minimum Gasteiger partial charge on any atom is -0.345 e. The molecule has 4 heteroatoms. The van der Waals surface area contributed by atoms with Crippen LogP contribution in [0.4, 0.5) is 5.82 Å². The van der Waals surface area contributed by atoms with Crippen molar-refractivity contribution in [1.29, 1.82) is 5.41 Å². The SMILES string of the molecule is Cc1ccc(-c2cc3n(c(=N)c2)NC(c2ccccc2)N3)cc1. The van der Waals surface area contributed by atoms with E-state index < -0.39 is 0 Å². The summed E-state index contributed by atoms with van der Waals surface area (Å²) in [5.74, 6) is 0.905. The van der Waals surface area contributed by atoms with Crippen molar-refractivity contribution >= 4 is 5.82 Å². The van der Waals surface area contributed by atoms with Crippen molar-refractivity contribution in [2.75, 3.05) is 10.7 Å². The molecule has 1 aliphatic heterocycles. The van der Waals surface area contributed by atoms with Crippen LogP contribution in [0.3, 0.4) is 0 Å². The summed E-state index contributed by atoms with van der Waals surface area (Å²) in [5, 5.41) is 11.7. The number of fused-ring (bicyclic) bond motifs is 1. The first kappa shape index (κ1) is 13.6. The van der Waals surface area contributed by atoms with Crippen molar-refractivity contribution in [3.63, 3.8) is 0 Å². The van der Waals surface area contributed by atoms with Crippen LogP contribution in [0.25, 0.3) is 11.1 Å². The van der Waals surface area contributed by atoms with E-state index in [1.165, 1.54) is 5.56 Å². The summed E-state index contributed by atoms with van der Waals surface area (Å²) in [7, 11) is 0. The predicted molar refractivity (Wildman–Crippen MR) is 92.6 cm³/mol. The van der Waals surface area contributed by atoms with Gasteiger partial charge in [-0.2, -0.15) is 0 Å². The first-order valence-corrected chi connectivity index (χ1v) is 7.67. The van der Waals surface area contributed by atoms with Gasteiger partial charge in [0, 0.05) is 0 Å². The first-order chi connectivity index (χ1) is 11.2. The van der Waals surface area contributed by atoms with Gasteiger partial charge in [0.05, 0.1) is 0 Å². The third-order valence-corrected chi connectivity index (χ3v) is 4.13. The molecule has 0 spiro atoms. The highest BCUT2D eigenvalue weighted by molar-refractivity contribution is 5.67. The van der Waals surface area contributed by atoms with Crippen LogP contribution in [-0.2, 0) is 0 Å². The van der Waals surface area contributed by atoms with Gasteiger partial charge in [-0.3, -0.25) is 10.8 Å². The zero-order valence-corrected chi connectivity index (χ0v) is 12.9. The maximum atomic E-state index is 8.30. The van der Waals surface area contributed by atoms with Gasteiger partial charge in [0.25, 0.3) is 0 Å². The molecule has 23 heavy (non-hydrogen) atoms. The predicted octanol–water partition coefficient (Wildman–Crippen LogP) is 3.61. The van der Waals surface area contributed by atoms with Crippen molar-refractivity contribution < 1.29 is 0 Å². The Labute approximate surface area is 134 Å². The van der Waals surface area contributed by atoms with E-state index in [4.69, 9.17) is 5.41 Å². The molecular weight excluding hydrogens is 284 g/mol. The lowest BCUT2D eigenvalue weighted by atomic mass is 10.1. The summed E-state index contributed by atoms with van der Waals surface area (Å²) in [5.41, 5.74) is 8.31. The minimum atomic E-state index is -0.0198. The molecule has 2 aromatic carbocycles. The summed E-state index contributed by atoms with van der Waals surface area (Å²) in [4.78, 5) is 0. The van der Waals surface area contributed by atoms with E-state index in [9.17, 15) is 0 Å². The molecule has 1 aromatic heterocycles. The monoisotopic (exact) mass is 302 g/mol. The number of aromatic nitrogens is 1. The minimum absolute atomic E-state index is 0.0198. The fourth-order valence-corrected chi connectivity index (χ4v) is 2.87. The Morgan fingerprint density at radius 3 is 2.39 bits per heavy atom. The molecule has 3 N–H and O–H groups in total. The van der Waals surface area contributed by atoms with E-state index in [2.05, 4.69) is 60.1 Å². The Morgan fingerprint density at radius 2 is 1.65 bits per heavy atom. The fraction of sp³-hybridized carbons (Fsp3) is 0.105. The summed E-state index contributed by atoms with van der Waals surface area (Å²) < 4.78 is 1.79. The van der Waals surface area contributed by atoms with Gasteiger partial charge < -0.3 is 5.32 Å². The molecule has 4 nitrogen and oxygen atoms in total. The second-order valence-electron chi connectivity index (χ2n) is 5.83. The van der Waals surface area contributed by atoms with E-state index in [1.807, 2.05) is 24.3 Å². The summed E-state index contributed by atoms with van der Waals surface area (Å²) in [6.45, 7) is 2.08. The van der Waals surface area contributed by atoms with Crippen LogP contribution in [0.15, 0.2) is 66.7 Å². The molecule has 2 heterocycles. The molecule has 0 fully saturated rings. The van der Waals surface area contributed by atoms with Gasteiger partial charge in [0.1, 0.15) is 17.5 Å². The van der Waals surface area contributed by atoms with Crippen LogP contribution in [-0.4, -0.2) is 4.68 Å². The van der Waals surface area contributed by atoms with Gasteiger partial charge >= 0.3 is 0 Å². The van der Waals surface area contributed by atoms with E-state index in [-0.39, 0.29) is 6.17 Å². The van der Waals surface area contributed by atoms with E-state index in [1.54, 1.807) is 4.68 Å². The Balaban J connectivity index is 1.71. The van der Waals surface area contributed by atoms with Crippen molar-refractivity contribution in [3.8, 4) is 11.1 Å². The normalized spacial score (nSPS) is 15.6. The fourth-order valence-electron chi connectivity index (χ4n) is 2.87. The third kappa shape index (κ3) is 2.48. The Morgan fingerprint density at radius 1 is 0.913 bits per heavy atom. The average molecular weight is 302 g/mol. The van der Waals surface area contributed by atoms with Crippen LogP contribution in [0.5, 0.6) is 0 Å². The number of pyridine rings is 1. The highest BCUT2D eigenvalue weighted by atomic mass is 15.5. The number of nitrogens with zero attached hydrogens (tertiary/aromatic N) is 1. The van der Waals surface area contributed by atoms with Gasteiger partial charge in [-0.15, -0.1) is 0 Å². The van der Waals surface area contributed by atoms with Crippen molar-refractivity contribution in [2.45, 2.75) is 13.1 Å². The quantitative estimate of drug-likeness (QED) is 0.677. The lowest BCUT2D eigenvalue weighted by molar-refractivity contribution is 0.784. The van der Waals surface area contributed by atoms with Gasteiger partial charge in [0.2, 0.25) is 0 Å². The number of hydrogen-bond donors (Lipinski definition) is 3. The van der Waals surface area contributed by atoms with E-state index in [0.717, 1.165) is 22.5 Å². The molecule has 0 saturated heterocycles. The maximum Gasteiger partial charge on any atom is 0.146 e. The average Bonchev–Trinajstić information content (AvgIpc) is 3.01. The third-order valence-electron chi connectivity index (χ3n) is 4.13. The molecule has 0 radical (unpaired) electrons. The summed E-state index contributed by atoms with van der Waals surface area (Å²) >= 11 is 0. The zero-order valence-electron chi connectivity index (χ0n) is 12.9. The highest BCUT2D eigenvalue weighted by Crippen LogP contribution is 2.27. The van der Waals surface area contributed by atoms with Crippen LogP contribution < -0.4 is 16.2 Å². The summed E-state index contributed by atoms with van der Waals surface area (Å²) in [6, 6.07) is 22.5.